The van der Waals surface area contributed by atoms with Crippen molar-refractivity contribution in [1.29, 1.82) is 0 Å². The van der Waals surface area contributed by atoms with E-state index in [1.165, 1.54) is 0 Å². The van der Waals surface area contributed by atoms with E-state index in [9.17, 15) is 4.79 Å². The highest BCUT2D eigenvalue weighted by molar-refractivity contribution is 5.72. The van der Waals surface area contributed by atoms with Crippen LogP contribution in [0.1, 0.15) is 18.1 Å². The second-order valence-electron chi connectivity index (χ2n) is 4.97. The molecule has 1 N–H and O–H groups in total. The second kappa shape index (κ2) is 8.62. The molecule has 126 valence electrons. The Bertz CT molecular complexity index is 686. The molecule has 2 aromatic carbocycles. The molecule has 5 nitrogen and oxygen atoms in total. The van der Waals surface area contributed by atoms with Crippen LogP contribution in [0.15, 0.2) is 42.5 Å². The van der Waals surface area contributed by atoms with Crippen LogP contribution in [0.3, 0.4) is 0 Å². The van der Waals surface area contributed by atoms with Crippen molar-refractivity contribution in [2.24, 2.45) is 0 Å². The summed E-state index contributed by atoms with van der Waals surface area (Å²) in [7, 11) is 3.24. The lowest BCUT2D eigenvalue weighted by Gasteiger charge is -2.06. The summed E-state index contributed by atoms with van der Waals surface area (Å²) in [6.07, 6.45) is 3.47. The minimum absolute atomic E-state index is 0.454. The molecule has 0 unspecified atom stereocenters. The highest BCUT2D eigenvalue weighted by atomic mass is 16.6. The van der Waals surface area contributed by atoms with Gasteiger partial charge in [0, 0.05) is 12.6 Å². The van der Waals surface area contributed by atoms with Crippen LogP contribution < -0.4 is 19.5 Å². The van der Waals surface area contributed by atoms with E-state index in [0.29, 0.717) is 12.3 Å². The predicted molar refractivity (Wildman–Crippen MR) is 94.6 cm³/mol. The van der Waals surface area contributed by atoms with Crippen molar-refractivity contribution in [3.05, 3.63) is 53.6 Å². The third-order valence-electron chi connectivity index (χ3n) is 3.25. The molecule has 0 aliphatic rings. The van der Waals surface area contributed by atoms with E-state index in [1.807, 2.05) is 49.4 Å². The van der Waals surface area contributed by atoms with Gasteiger partial charge in [-0.3, -0.25) is 0 Å². The van der Waals surface area contributed by atoms with Gasteiger partial charge in [0.2, 0.25) is 0 Å². The summed E-state index contributed by atoms with van der Waals surface area (Å²) < 4.78 is 15.6. The molecule has 2 rings (SSSR count). The van der Waals surface area contributed by atoms with Crippen LogP contribution in [0.2, 0.25) is 0 Å². The summed E-state index contributed by atoms with van der Waals surface area (Å²) in [5.41, 5.74) is 1.95. The SMILES string of the molecule is CCNC(=O)Oc1ccc(/C=C/c2cc(OC)cc(OC)c2)cc1. The smallest absolute Gasteiger partial charge is 0.412 e. The van der Waals surface area contributed by atoms with Crippen molar-refractivity contribution < 1.29 is 19.0 Å². The molecule has 0 spiro atoms. The van der Waals surface area contributed by atoms with Crippen molar-refractivity contribution in [2.75, 3.05) is 20.8 Å². The first-order valence-electron chi connectivity index (χ1n) is 7.61. The average Bonchev–Trinajstić information content (AvgIpc) is 2.61. The normalized spacial score (nSPS) is 10.5. The summed E-state index contributed by atoms with van der Waals surface area (Å²) >= 11 is 0. The zero-order chi connectivity index (χ0) is 17.4. The van der Waals surface area contributed by atoms with Crippen LogP contribution in [-0.2, 0) is 0 Å². The lowest BCUT2D eigenvalue weighted by Crippen LogP contribution is -2.26. The molecule has 1 amide bonds. The van der Waals surface area contributed by atoms with E-state index in [4.69, 9.17) is 14.2 Å². The molecule has 0 aliphatic heterocycles. The summed E-state index contributed by atoms with van der Waals surface area (Å²) in [4.78, 5) is 11.4. The standard InChI is InChI=1S/C19H21NO4/c1-4-20-19(21)24-16-9-7-14(8-10-16)5-6-15-11-17(22-2)13-18(12-15)23-3/h5-13H,4H2,1-3H3,(H,20,21)/b6-5+. The molecule has 0 bridgehead atoms. The van der Waals surface area contributed by atoms with Gasteiger partial charge >= 0.3 is 6.09 Å². The van der Waals surface area contributed by atoms with Crippen LogP contribution in [-0.4, -0.2) is 26.9 Å². The lowest BCUT2D eigenvalue weighted by molar-refractivity contribution is 0.201. The maximum Gasteiger partial charge on any atom is 0.412 e. The molecule has 0 heterocycles. The average molecular weight is 327 g/mol. The third-order valence-corrected chi connectivity index (χ3v) is 3.25. The van der Waals surface area contributed by atoms with Gasteiger partial charge in [-0.2, -0.15) is 0 Å². The first-order chi connectivity index (χ1) is 11.6. The van der Waals surface area contributed by atoms with Crippen LogP contribution >= 0.6 is 0 Å². The fraction of sp³-hybridized carbons (Fsp3) is 0.211. The maximum atomic E-state index is 11.4. The Morgan fingerprint density at radius 1 is 0.917 bits per heavy atom. The summed E-state index contributed by atoms with van der Waals surface area (Å²) in [6, 6.07) is 12.9. The highest BCUT2D eigenvalue weighted by Gasteiger charge is 2.02. The Morgan fingerprint density at radius 3 is 2.04 bits per heavy atom. The Kier molecular flexibility index (Phi) is 6.25. The van der Waals surface area contributed by atoms with E-state index in [0.717, 1.165) is 22.6 Å². The lowest BCUT2D eigenvalue weighted by atomic mass is 10.1. The van der Waals surface area contributed by atoms with Crippen molar-refractivity contribution in [3.8, 4) is 17.2 Å². The van der Waals surface area contributed by atoms with Crippen molar-refractivity contribution in [1.82, 2.24) is 5.32 Å². The monoisotopic (exact) mass is 327 g/mol. The topological polar surface area (TPSA) is 56.8 Å². The number of carbonyl (C=O) groups excluding carboxylic acids is 1. The van der Waals surface area contributed by atoms with E-state index in [1.54, 1.807) is 26.4 Å². The molecule has 0 fully saturated rings. The molecule has 2 aromatic rings. The van der Waals surface area contributed by atoms with Gasteiger partial charge < -0.3 is 19.5 Å². The molecule has 0 aliphatic carbocycles. The molecule has 0 saturated carbocycles. The fourth-order valence-corrected chi connectivity index (χ4v) is 2.05. The van der Waals surface area contributed by atoms with Gasteiger partial charge in [-0.15, -0.1) is 0 Å². The minimum Gasteiger partial charge on any atom is -0.497 e. The molecular weight excluding hydrogens is 306 g/mol. The zero-order valence-electron chi connectivity index (χ0n) is 14.0. The number of methoxy groups -OCH3 is 2. The molecule has 0 aromatic heterocycles. The fourth-order valence-electron chi connectivity index (χ4n) is 2.05. The Hall–Kier alpha value is -2.95. The quantitative estimate of drug-likeness (QED) is 0.815. The molecule has 0 radical (unpaired) electrons. The number of amides is 1. The van der Waals surface area contributed by atoms with Gasteiger partial charge in [0.05, 0.1) is 14.2 Å². The van der Waals surface area contributed by atoms with Crippen LogP contribution in [0.25, 0.3) is 12.2 Å². The van der Waals surface area contributed by atoms with Crippen LogP contribution in [0, 0.1) is 0 Å². The Labute approximate surface area is 141 Å². The molecule has 0 atom stereocenters. The summed E-state index contributed by atoms with van der Waals surface area (Å²) in [5.74, 6) is 1.97. The summed E-state index contributed by atoms with van der Waals surface area (Å²) in [5, 5.41) is 2.58. The van der Waals surface area contributed by atoms with E-state index in [2.05, 4.69) is 5.32 Å². The molecule has 0 saturated heterocycles. The number of nitrogens with one attached hydrogen (secondary N) is 1. The van der Waals surface area contributed by atoms with Crippen LogP contribution in [0.4, 0.5) is 4.79 Å². The number of hydrogen-bond acceptors (Lipinski definition) is 4. The van der Waals surface area contributed by atoms with Crippen LogP contribution in [0.5, 0.6) is 17.2 Å². The van der Waals surface area contributed by atoms with E-state index < -0.39 is 6.09 Å². The number of hydrogen-bond donors (Lipinski definition) is 1. The van der Waals surface area contributed by atoms with Gasteiger partial charge in [-0.05, 0) is 42.3 Å². The maximum absolute atomic E-state index is 11.4. The molecular formula is C19H21NO4. The van der Waals surface area contributed by atoms with Crippen molar-refractivity contribution in [3.63, 3.8) is 0 Å². The van der Waals surface area contributed by atoms with Gasteiger partial charge in [0.15, 0.2) is 0 Å². The van der Waals surface area contributed by atoms with Gasteiger partial charge in [-0.25, -0.2) is 4.79 Å². The largest absolute Gasteiger partial charge is 0.497 e. The van der Waals surface area contributed by atoms with Crippen molar-refractivity contribution >= 4 is 18.2 Å². The molecule has 24 heavy (non-hydrogen) atoms. The highest BCUT2D eigenvalue weighted by Crippen LogP contribution is 2.24. The number of carbonyl (C=O) groups is 1. The Morgan fingerprint density at radius 2 is 1.50 bits per heavy atom. The number of benzene rings is 2. The second-order valence-corrected chi connectivity index (χ2v) is 4.97. The summed E-state index contributed by atoms with van der Waals surface area (Å²) in [6.45, 7) is 2.37. The van der Waals surface area contributed by atoms with Gasteiger partial charge in [0.1, 0.15) is 17.2 Å². The minimum atomic E-state index is -0.454. The van der Waals surface area contributed by atoms with Crippen molar-refractivity contribution in [2.45, 2.75) is 6.92 Å². The Balaban J connectivity index is 2.08. The van der Waals surface area contributed by atoms with E-state index in [-0.39, 0.29) is 0 Å². The first-order valence-corrected chi connectivity index (χ1v) is 7.61. The number of rotatable bonds is 6. The zero-order valence-corrected chi connectivity index (χ0v) is 14.0. The van der Waals surface area contributed by atoms with Gasteiger partial charge in [-0.1, -0.05) is 24.3 Å². The van der Waals surface area contributed by atoms with E-state index >= 15 is 0 Å². The molecule has 5 heteroatoms. The predicted octanol–water partition coefficient (Wildman–Crippen LogP) is 3.98. The number of ether oxygens (including phenoxy) is 3. The first kappa shape index (κ1) is 17.4. The van der Waals surface area contributed by atoms with Gasteiger partial charge in [0.25, 0.3) is 0 Å². The third kappa shape index (κ3) is 5.05.